The van der Waals surface area contributed by atoms with E-state index in [1.165, 1.54) is 29.2 Å². The predicted octanol–water partition coefficient (Wildman–Crippen LogP) is 4.97. The number of carbonyl (C=O) groups is 2. The van der Waals surface area contributed by atoms with Gasteiger partial charge in [0.25, 0.3) is 10.0 Å². The van der Waals surface area contributed by atoms with Crippen molar-refractivity contribution in [1.29, 1.82) is 0 Å². The number of hydrogen-bond donors (Lipinski definition) is 1. The van der Waals surface area contributed by atoms with Crippen molar-refractivity contribution in [2.75, 3.05) is 17.4 Å². The molecule has 7 nitrogen and oxygen atoms in total. The molecule has 2 amide bonds. The van der Waals surface area contributed by atoms with Gasteiger partial charge in [-0.1, -0.05) is 50.2 Å². The highest BCUT2D eigenvalue weighted by molar-refractivity contribution is 7.92. The summed E-state index contributed by atoms with van der Waals surface area (Å²) in [5, 5.41) is 2.84. The number of hydrogen-bond acceptors (Lipinski definition) is 4. The van der Waals surface area contributed by atoms with Gasteiger partial charge in [-0.25, -0.2) is 12.8 Å². The quantitative estimate of drug-likeness (QED) is 0.343. The molecule has 0 aliphatic rings. The third-order valence-electron chi connectivity index (χ3n) is 6.59. The molecule has 9 heteroatoms. The maximum atomic E-state index is 14.0. The Hall–Kier alpha value is -3.72. The third-order valence-corrected chi connectivity index (χ3v) is 8.38. The number of anilines is 1. The molecule has 0 unspecified atom stereocenters. The van der Waals surface area contributed by atoms with E-state index in [1.54, 1.807) is 49.4 Å². The molecule has 0 saturated heterocycles. The number of benzene rings is 3. The molecule has 0 radical (unpaired) electrons. The Morgan fingerprint density at radius 1 is 0.923 bits per heavy atom. The van der Waals surface area contributed by atoms with Crippen LogP contribution in [0.1, 0.15) is 43.4 Å². The molecule has 0 heterocycles. The summed E-state index contributed by atoms with van der Waals surface area (Å²) in [6.45, 7) is 7.47. The smallest absolute Gasteiger partial charge is 0.264 e. The molecule has 1 atom stereocenters. The van der Waals surface area contributed by atoms with Crippen molar-refractivity contribution >= 4 is 27.5 Å². The lowest BCUT2D eigenvalue weighted by Gasteiger charge is -2.33. The van der Waals surface area contributed by atoms with Crippen LogP contribution in [-0.2, 0) is 26.2 Å². The van der Waals surface area contributed by atoms with Crippen molar-refractivity contribution in [3.8, 4) is 0 Å². The highest BCUT2D eigenvalue weighted by Crippen LogP contribution is 2.26. The van der Waals surface area contributed by atoms with Crippen LogP contribution in [0.2, 0.25) is 0 Å². The Bertz CT molecular complexity index is 1380. The van der Waals surface area contributed by atoms with Crippen LogP contribution in [0, 0.1) is 19.7 Å². The van der Waals surface area contributed by atoms with Crippen molar-refractivity contribution in [1.82, 2.24) is 10.2 Å². The molecule has 0 saturated carbocycles. The minimum atomic E-state index is -4.12. The van der Waals surface area contributed by atoms with Crippen molar-refractivity contribution in [2.45, 2.75) is 58.0 Å². The van der Waals surface area contributed by atoms with Crippen molar-refractivity contribution in [2.24, 2.45) is 0 Å². The van der Waals surface area contributed by atoms with Gasteiger partial charge in [-0.15, -0.1) is 0 Å². The SMILES string of the molecule is CCCNC(=O)[C@H](CC)N(Cc1ccc(F)cc1)C(=O)CN(c1ccc(C)c(C)c1)S(=O)(=O)c1ccccc1. The molecule has 39 heavy (non-hydrogen) atoms. The summed E-state index contributed by atoms with van der Waals surface area (Å²) in [7, 11) is -4.12. The number of carbonyl (C=O) groups excluding carboxylic acids is 2. The summed E-state index contributed by atoms with van der Waals surface area (Å²) in [6, 6.07) is 18.0. The molecular weight excluding hydrogens is 517 g/mol. The molecule has 208 valence electrons. The standard InChI is InChI=1S/C30H36FN3O4S/c1-5-18-32-30(36)28(6-2)33(20-24-13-15-25(31)16-14-24)29(35)21-34(26-17-12-22(3)23(4)19-26)39(37,38)27-10-8-7-9-11-27/h7-17,19,28H,5-6,18,20-21H2,1-4H3,(H,32,36)/t28-/m0/s1. The first-order valence-corrected chi connectivity index (χ1v) is 14.5. The summed E-state index contributed by atoms with van der Waals surface area (Å²) >= 11 is 0. The third kappa shape index (κ3) is 7.44. The van der Waals surface area contributed by atoms with Crippen molar-refractivity contribution < 1.29 is 22.4 Å². The Balaban J connectivity index is 2.06. The molecule has 0 fully saturated rings. The van der Waals surface area contributed by atoms with Crippen LogP contribution in [-0.4, -0.2) is 44.3 Å². The van der Waals surface area contributed by atoms with Crippen LogP contribution >= 0.6 is 0 Å². The molecule has 3 aromatic carbocycles. The first-order valence-electron chi connectivity index (χ1n) is 13.0. The Kier molecular flexibility index (Phi) is 10.2. The fourth-order valence-corrected chi connectivity index (χ4v) is 5.63. The molecule has 3 rings (SSSR count). The van der Waals surface area contributed by atoms with Crippen LogP contribution < -0.4 is 9.62 Å². The molecule has 3 aromatic rings. The Morgan fingerprint density at radius 3 is 2.18 bits per heavy atom. The first-order chi connectivity index (χ1) is 18.6. The maximum Gasteiger partial charge on any atom is 0.264 e. The summed E-state index contributed by atoms with van der Waals surface area (Å²) in [5.74, 6) is -1.28. The van der Waals surface area contributed by atoms with Crippen LogP contribution in [0.3, 0.4) is 0 Å². The van der Waals surface area contributed by atoms with Crippen LogP contribution in [0.25, 0.3) is 0 Å². The summed E-state index contributed by atoms with van der Waals surface area (Å²) in [6.07, 6.45) is 1.04. The van der Waals surface area contributed by atoms with Gasteiger partial charge in [0.15, 0.2) is 0 Å². The largest absolute Gasteiger partial charge is 0.354 e. The number of nitrogens with one attached hydrogen (secondary N) is 1. The van der Waals surface area contributed by atoms with E-state index >= 15 is 0 Å². The minimum Gasteiger partial charge on any atom is -0.354 e. The van der Waals surface area contributed by atoms with Crippen molar-refractivity contribution in [3.63, 3.8) is 0 Å². The van der Waals surface area contributed by atoms with E-state index in [9.17, 15) is 22.4 Å². The molecule has 0 aromatic heterocycles. The first kappa shape index (κ1) is 29.8. The number of rotatable bonds is 12. The lowest BCUT2D eigenvalue weighted by atomic mass is 10.1. The highest BCUT2D eigenvalue weighted by Gasteiger charge is 2.33. The van der Waals surface area contributed by atoms with Crippen LogP contribution in [0.5, 0.6) is 0 Å². The fourth-order valence-electron chi connectivity index (χ4n) is 4.20. The zero-order valence-electron chi connectivity index (χ0n) is 22.9. The summed E-state index contributed by atoms with van der Waals surface area (Å²) in [4.78, 5) is 28.5. The number of aryl methyl sites for hydroxylation is 2. The number of nitrogens with zero attached hydrogens (tertiary/aromatic N) is 2. The molecule has 0 bridgehead atoms. The van der Waals surface area contributed by atoms with Gasteiger partial charge in [0, 0.05) is 13.1 Å². The van der Waals surface area contributed by atoms with E-state index in [1.807, 2.05) is 26.8 Å². The van der Waals surface area contributed by atoms with E-state index in [-0.39, 0.29) is 17.3 Å². The van der Waals surface area contributed by atoms with E-state index < -0.39 is 34.3 Å². The van der Waals surface area contributed by atoms with Gasteiger partial charge in [-0.05, 0) is 79.8 Å². The molecule has 1 N–H and O–H groups in total. The second-order valence-electron chi connectivity index (χ2n) is 9.46. The monoisotopic (exact) mass is 553 g/mol. The van der Waals surface area contributed by atoms with Gasteiger partial charge in [0.2, 0.25) is 11.8 Å². The second kappa shape index (κ2) is 13.4. The predicted molar refractivity (Wildman–Crippen MR) is 151 cm³/mol. The molecular formula is C30H36FN3O4S. The normalized spacial score (nSPS) is 12.0. The van der Waals surface area contributed by atoms with Crippen molar-refractivity contribution in [3.05, 3.63) is 95.3 Å². The van der Waals surface area contributed by atoms with Gasteiger partial charge in [0.1, 0.15) is 18.4 Å². The van der Waals surface area contributed by atoms with Gasteiger partial charge < -0.3 is 10.2 Å². The number of amides is 2. The molecule has 0 spiro atoms. The Labute approximate surface area is 230 Å². The van der Waals surface area contributed by atoms with Gasteiger partial charge in [-0.2, -0.15) is 0 Å². The second-order valence-corrected chi connectivity index (χ2v) is 11.3. The van der Waals surface area contributed by atoms with E-state index in [0.717, 1.165) is 21.9 Å². The lowest BCUT2D eigenvalue weighted by Crippen LogP contribution is -2.52. The fraction of sp³-hybridized carbons (Fsp3) is 0.333. The van der Waals surface area contributed by atoms with Crippen LogP contribution in [0.4, 0.5) is 10.1 Å². The zero-order valence-corrected chi connectivity index (χ0v) is 23.7. The number of halogens is 1. The van der Waals surface area contributed by atoms with E-state index in [0.29, 0.717) is 24.2 Å². The summed E-state index contributed by atoms with van der Waals surface area (Å²) in [5.41, 5.74) is 2.83. The number of sulfonamides is 1. The average Bonchev–Trinajstić information content (AvgIpc) is 2.93. The van der Waals surface area contributed by atoms with Crippen LogP contribution in [0.15, 0.2) is 77.7 Å². The lowest BCUT2D eigenvalue weighted by molar-refractivity contribution is -0.140. The summed E-state index contributed by atoms with van der Waals surface area (Å²) < 4.78 is 42.3. The van der Waals surface area contributed by atoms with Gasteiger partial charge in [0.05, 0.1) is 10.6 Å². The Morgan fingerprint density at radius 2 is 1.59 bits per heavy atom. The minimum absolute atomic E-state index is 0.0172. The van der Waals surface area contributed by atoms with Gasteiger partial charge >= 0.3 is 0 Å². The van der Waals surface area contributed by atoms with Gasteiger partial charge in [-0.3, -0.25) is 13.9 Å². The average molecular weight is 554 g/mol. The van der Waals surface area contributed by atoms with E-state index in [2.05, 4.69) is 5.32 Å². The van der Waals surface area contributed by atoms with E-state index in [4.69, 9.17) is 0 Å². The maximum absolute atomic E-state index is 14.0. The molecule has 0 aliphatic carbocycles. The molecule has 0 aliphatic heterocycles. The highest BCUT2D eigenvalue weighted by atomic mass is 32.2. The topological polar surface area (TPSA) is 86.8 Å². The zero-order chi connectivity index (χ0) is 28.6.